The lowest BCUT2D eigenvalue weighted by atomic mass is 9.78. The quantitative estimate of drug-likeness (QED) is 0.713. The molecule has 6 nitrogen and oxygen atoms in total. The third kappa shape index (κ3) is 3.00. The van der Waals surface area contributed by atoms with Gasteiger partial charge in [-0.15, -0.1) is 0 Å². The van der Waals surface area contributed by atoms with Crippen LogP contribution in [0.5, 0.6) is 0 Å². The number of hydrogen-bond donors (Lipinski definition) is 2. The lowest BCUT2D eigenvalue weighted by molar-refractivity contribution is -0.138. The first-order valence-electron chi connectivity index (χ1n) is 7.26. The van der Waals surface area contributed by atoms with Gasteiger partial charge in [-0.2, -0.15) is 0 Å². The molecule has 0 aromatic rings. The molecule has 4 unspecified atom stereocenters. The van der Waals surface area contributed by atoms with Crippen LogP contribution in [0, 0.1) is 11.8 Å². The maximum absolute atomic E-state index is 12.2. The summed E-state index contributed by atoms with van der Waals surface area (Å²) in [7, 11) is 1.44. The molecule has 0 bridgehead atoms. The highest BCUT2D eigenvalue weighted by Crippen LogP contribution is 2.29. The van der Waals surface area contributed by atoms with Crippen LogP contribution in [0.1, 0.15) is 39.0 Å². The van der Waals surface area contributed by atoms with Crippen molar-refractivity contribution in [3.05, 3.63) is 0 Å². The van der Waals surface area contributed by atoms with Gasteiger partial charge >= 0.3 is 0 Å². The first-order valence-corrected chi connectivity index (χ1v) is 7.26. The van der Waals surface area contributed by atoms with Crippen LogP contribution in [-0.4, -0.2) is 41.8 Å². The normalized spacial score (nSPS) is 32.4. The van der Waals surface area contributed by atoms with Crippen LogP contribution in [0.3, 0.4) is 0 Å². The number of nitrogens with one attached hydrogen (secondary N) is 1. The van der Waals surface area contributed by atoms with Crippen molar-refractivity contribution < 1.29 is 14.4 Å². The molecule has 3 amide bonds. The predicted molar refractivity (Wildman–Crippen MR) is 73.4 cm³/mol. The number of carbonyl (C=O) groups is 3. The fourth-order valence-electron chi connectivity index (χ4n) is 3.11. The second kappa shape index (κ2) is 5.91. The summed E-state index contributed by atoms with van der Waals surface area (Å²) in [5.41, 5.74) is 5.95. The van der Waals surface area contributed by atoms with Crippen molar-refractivity contribution in [2.75, 3.05) is 7.05 Å². The van der Waals surface area contributed by atoms with E-state index in [0.29, 0.717) is 0 Å². The number of hydrogen-bond acceptors (Lipinski definition) is 4. The Balaban J connectivity index is 1.91. The van der Waals surface area contributed by atoms with Crippen molar-refractivity contribution in [2.24, 2.45) is 17.6 Å². The molecule has 2 aliphatic rings. The van der Waals surface area contributed by atoms with E-state index in [0.717, 1.165) is 30.6 Å². The number of likely N-dealkylation sites (tertiary alicyclic amines) is 1. The fourth-order valence-corrected chi connectivity index (χ4v) is 3.11. The van der Waals surface area contributed by atoms with Crippen molar-refractivity contribution >= 4 is 17.7 Å². The second-order valence-corrected chi connectivity index (χ2v) is 6.03. The number of likely N-dealkylation sites (N-methyl/N-ethyl adjacent to an activating group) is 1. The Morgan fingerprint density at radius 3 is 2.65 bits per heavy atom. The van der Waals surface area contributed by atoms with Gasteiger partial charge in [-0.3, -0.25) is 19.3 Å². The molecular formula is C14H23N3O3. The van der Waals surface area contributed by atoms with E-state index in [1.807, 2.05) is 6.92 Å². The van der Waals surface area contributed by atoms with Crippen LogP contribution in [0.2, 0.25) is 0 Å². The number of amides is 3. The molecule has 112 valence electrons. The van der Waals surface area contributed by atoms with Gasteiger partial charge in [0, 0.05) is 19.0 Å². The van der Waals surface area contributed by atoms with E-state index in [1.165, 1.54) is 7.05 Å². The summed E-state index contributed by atoms with van der Waals surface area (Å²) in [6.45, 7) is 1.88. The maximum atomic E-state index is 12.2. The first-order chi connectivity index (χ1) is 9.40. The van der Waals surface area contributed by atoms with E-state index >= 15 is 0 Å². The predicted octanol–water partition coefficient (Wildman–Crippen LogP) is 0.0135. The molecule has 3 N–H and O–H groups in total. The Morgan fingerprint density at radius 1 is 1.40 bits per heavy atom. The Bertz CT molecular complexity index is 424. The minimum absolute atomic E-state index is 0.0674. The minimum Gasteiger partial charge on any atom is -0.344 e. The van der Waals surface area contributed by atoms with E-state index in [9.17, 15) is 14.4 Å². The van der Waals surface area contributed by atoms with Gasteiger partial charge in [-0.25, -0.2) is 0 Å². The smallest absolute Gasteiger partial charge is 0.252 e. The van der Waals surface area contributed by atoms with Gasteiger partial charge in [0.2, 0.25) is 11.8 Å². The lowest BCUT2D eigenvalue weighted by Crippen LogP contribution is -2.45. The van der Waals surface area contributed by atoms with Gasteiger partial charge in [0.05, 0.1) is 6.42 Å². The summed E-state index contributed by atoms with van der Waals surface area (Å²) in [6, 6.07) is -0.524. The molecule has 1 aliphatic heterocycles. The van der Waals surface area contributed by atoms with Crippen LogP contribution in [-0.2, 0) is 14.4 Å². The first kappa shape index (κ1) is 15.0. The zero-order valence-electron chi connectivity index (χ0n) is 12.1. The van der Waals surface area contributed by atoms with Gasteiger partial charge < -0.3 is 11.1 Å². The van der Waals surface area contributed by atoms with Crippen molar-refractivity contribution in [3.8, 4) is 0 Å². The highest BCUT2D eigenvalue weighted by Gasteiger charge is 2.38. The topological polar surface area (TPSA) is 92.5 Å². The van der Waals surface area contributed by atoms with E-state index in [2.05, 4.69) is 5.32 Å². The molecule has 6 heteroatoms. The number of imide groups is 1. The second-order valence-electron chi connectivity index (χ2n) is 6.03. The number of rotatable bonds is 3. The third-order valence-electron chi connectivity index (χ3n) is 4.57. The summed E-state index contributed by atoms with van der Waals surface area (Å²) < 4.78 is 0. The van der Waals surface area contributed by atoms with Crippen molar-refractivity contribution in [2.45, 2.75) is 51.1 Å². The third-order valence-corrected chi connectivity index (χ3v) is 4.57. The molecule has 0 spiro atoms. The molecule has 0 aromatic heterocycles. The van der Waals surface area contributed by atoms with Gasteiger partial charge in [0.1, 0.15) is 6.04 Å². The maximum Gasteiger partial charge on any atom is 0.252 e. The van der Waals surface area contributed by atoms with Gasteiger partial charge in [-0.05, 0) is 25.2 Å². The zero-order chi connectivity index (χ0) is 14.9. The van der Waals surface area contributed by atoms with Crippen molar-refractivity contribution in [3.63, 3.8) is 0 Å². The Hall–Kier alpha value is -1.43. The standard InChI is InChI=1S/C14H23N3O3/c1-8(9-4-3-5-10(15)6-9)13(19)16-11-7-12(18)17(2)14(11)20/h8-11H,3-7,15H2,1-2H3,(H,16,19). The Labute approximate surface area is 119 Å². The van der Waals surface area contributed by atoms with Crippen LogP contribution >= 0.6 is 0 Å². The Kier molecular flexibility index (Phi) is 4.42. The largest absolute Gasteiger partial charge is 0.344 e. The zero-order valence-corrected chi connectivity index (χ0v) is 12.1. The molecule has 1 saturated heterocycles. The molecule has 0 aromatic carbocycles. The molecule has 4 atom stereocenters. The van der Waals surface area contributed by atoms with Crippen LogP contribution < -0.4 is 11.1 Å². The van der Waals surface area contributed by atoms with E-state index in [-0.39, 0.29) is 42.0 Å². The molecule has 2 rings (SSSR count). The van der Waals surface area contributed by atoms with Crippen LogP contribution in [0.4, 0.5) is 0 Å². The van der Waals surface area contributed by atoms with Gasteiger partial charge in [-0.1, -0.05) is 13.3 Å². The number of carbonyl (C=O) groups excluding carboxylic acids is 3. The van der Waals surface area contributed by atoms with Crippen LogP contribution in [0.25, 0.3) is 0 Å². The molecule has 20 heavy (non-hydrogen) atoms. The summed E-state index contributed by atoms with van der Waals surface area (Å²) >= 11 is 0. The summed E-state index contributed by atoms with van der Waals surface area (Å²) in [6.07, 6.45) is 3.99. The van der Waals surface area contributed by atoms with Crippen LogP contribution in [0.15, 0.2) is 0 Å². The molecular weight excluding hydrogens is 258 g/mol. The highest BCUT2D eigenvalue weighted by molar-refractivity contribution is 6.06. The van der Waals surface area contributed by atoms with Gasteiger partial charge in [0.15, 0.2) is 0 Å². The molecule has 1 heterocycles. The summed E-state index contributed by atoms with van der Waals surface area (Å²) in [5.74, 6) is -0.618. The Morgan fingerprint density at radius 2 is 2.10 bits per heavy atom. The highest BCUT2D eigenvalue weighted by atomic mass is 16.2. The van der Waals surface area contributed by atoms with E-state index in [4.69, 9.17) is 5.73 Å². The SMILES string of the molecule is CC(C(=O)NC1CC(=O)N(C)C1=O)C1CCCC(N)C1. The average Bonchev–Trinajstić information content (AvgIpc) is 2.65. The average molecular weight is 281 g/mol. The number of nitrogens with zero attached hydrogens (tertiary/aromatic N) is 1. The van der Waals surface area contributed by atoms with Crippen molar-refractivity contribution in [1.82, 2.24) is 10.2 Å². The fraction of sp³-hybridized carbons (Fsp3) is 0.786. The van der Waals surface area contributed by atoms with E-state index < -0.39 is 6.04 Å². The molecule has 1 saturated carbocycles. The van der Waals surface area contributed by atoms with Crippen molar-refractivity contribution in [1.29, 1.82) is 0 Å². The van der Waals surface area contributed by atoms with E-state index in [1.54, 1.807) is 0 Å². The lowest BCUT2D eigenvalue weighted by Gasteiger charge is -2.30. The molecule has 2 fully saturated rings. The monoisotopic (exact) mass is 281 g/mol. The molecule has 1 aliphatic carbocycles. The number of nitrogens with two attached hydrogens (primary N) is 1. The van der Waals surface area contributed by atoms with Gasteiger partial charge in [0.25, 0.3) is 5.91 Å². The summed E-state index contributed by atoms with van der Waals surface area (Å²) in [4.78, 5) is 36.5. The minimum atomic E-state index is -0.695. The molecule has 0 radical (unpaired) electrons. The summed E-state index contributed by atoms with van der Waals surface area (Å²) in [5, 5.41) is 2.71.